The molecule has 8 heterocycles. The van der Waals surface area contributed by atoms with E-state index in [2.05, 4.69) is 63.8 Å². The molecule has 51 heavy (non-hydrogen) atoms. The molecule has 0 radical (unpaired) electrons. The topological polar surface area (TPSA) is 250 Å². The Labute approximate surface area is 297 Å². The van der Waals surface area contributed by atoms with E-state index in [0.29, 0.717) is 22.3 Å². The van der Waals surface area contributed by atoms with E-state index >= 15 is 0 Å². The Morgan fingerprint density at radius 3 is 2.25 bits per heavy atom. The lowest BCUT2D eigenvalue weighted by Crippen LogP contribution is -2.50. The standard InChI is InChI=1S/C27H36N10O10P2SSi/c1-26(2,3)51(4,5)47-16-13-6-42-49(39,50)46-19-18-25(37-12-35-15-21(29)31-10-33-23(15)37)44-27(19,7-40-18)8-41-48(38)45-17(16)24(43-13)36-11-34-14-20(28)30-9-32-22(14)36/h9-13,16-19,24-25H,6-8H2,1-5H3,(H4-,28,29,30,31,32,33,39,50)/p+1/t13-,16?,17-,18-,19+,24-,25-,27-,49?/m1/s1. The minimum absolute atomic E-state index is 0.0435. The molecule has 274 valence electrons. The van der Waals surface area contributed by atoms with Gasteiger partial charge in [0.2, 0.25) is 0 Å². The Balaban J connectivity index is 1.15. The molecule has 10 atom stereocenters. The minimum atomic E-state index is -4.05. The van der Waals surface area contributed by atoms with Gasteiger partial charge in [-0.25, -0.2) is 29.9 Å². The molecule has 24 heteroatoms. The summed E-state index contributed by atoms with van der Waals surface area (Å²) in [5.41, 5.74) is 12.1. The van der Waals surface area contributed by atoms with E-state index in [1.54, 1.807) is 9.13 Å². The minimum Gasteiger partial charge on any atom is -0.408 e. The van der Waals surface area contributed by atoms with Crippen LogP contribution < -0.4 is 11.5 Å². The van der Waals surface area contributed by atoms with Crippen LogP contribution in [0.3, 0.4) is 0 Å². The van der Waals surface area contributed by atoms with Gasteiger partial charge in [0.05, 0.1) is 25.9 Å². The highest BCUT2D eigenvalue weighted by atomic mass is 32.5. The zero-order valence-electron chi connectivity index (χ0n) is 28.1. The summed E-state index contributed by atoms with van der Waals surface area (Å²) in [5.74, 6) is 0.348. The summed E-state index contributed by atoms with van der Waals surface area (Å²) in [7, 11) is -5.42. The molecule has 4 aromatic rings. The van der Waals surface area contributed by atoms with Crippen molar-refractivity contribution in [2.45, 2.75) is 87.5 Å². The number of nitrogen functional groups attached to an aromatic ring is 2. The first kappa shape index (κ1) is 35.3. The highest BCUT2D eigenvalue weighted by Gasteiger charge is 2.66. The number of ether oxygens (including phenoxy) is 3. The van der Waals surface area contributed by atoms with Gasteiger partial charge in [0.25, 0.3) is 0 Å². The van der Waals surface area contributed by atoms with Gasteiger partial charge < -0.3 is 39.5 Å². The van der Waals surface area contributed by atoms with Crippen LogP contribution in [-0.4, -0.2) is 108 Å². The third-order valence-electron chi connectivity index (χ3n) is 10.1. The van der Waals surface area contributed by atoms with Gasteiger partial charge in [-0.3, -0.25) is 13.7 Å². The van der Waals surface area contributed by atoms with Gasteiger partial charge in [-0.2, -0.15) is 0 Å². The van der Waals surface area contributed by atoms with Gasteiger partial charge in [0, 0.05) is 4.57 Å². The molecule has 4 aromatic heterocycles. The third kappa shape index (κ3) is 5.99. The normalized spacial score (nSPS) is 35.5. The summed E-state index contributed by atoms with van der Waals surface area (Å²) in [6.45, 7) is 5.67. The Hall–Kier alpha value is -2.69. The number of anilines is 2. The van der Waals surface area contributed by atoms with E-state index in [1.165, 1.54) is 25.3 Å². The molecule has 3 unspecified atom stereocenters. The summed E-state index contributed by atoms with van der Waals surface area (Å²) in [5, 5.41) is -0.233. The summed E-state index contributed by atoms with van der Waals surface area (Å²) in [6, 6.07) is 0. The van der Waals surface area contributed by atoms with Gasteiger partial charge in [0.1, 0.15) is 54.7 Å². The monoisotopic (exact) mass is 783 g/mol. The first-order valence-corrected chi connectivity index (χ1v) is 22.6. The zero-order valence-corrected chi connectivity index (χ0v) is 31.7. The molecular weight excluding hydrogens is 746 g/mol. The van der Waals surface area contributed by atoms with Crippen molar-refractivity contribution in [2.24, 2.45) is 0 Å². The van der Waals surface area contributed by atoms with Crippen molar-refractivity contribution >= 4 is 69.1 Å². The number of nitrogens with zero attached hydrogens (tertiary/aromatic N) is 8. The molecule has 0 aromatic carbocycles. The van der Waals surface area contributed by atoms with Crippen LogP contribution in [0, 0.1) is 0 Å². The summed E-state index contributed by atoms with van der Waals surface area (Å²) >= 11 is 5.57. The average Bonchev–Trinajstić information content (AvgIpc) is 3.87. The summed E-state index contributed by atoms with van der Waals surface area (Å²) < 4.78 is 67.5. The molecule has 0 aliphatic carbocycles. The quantitative estimate of drug-likeness (QED) is 0.199. The molecule has 8 rings (SSSR count). The van der Waals surface area contributed by atoms with Crippen LogP contribution in [0.25, 0.3) is 22.3 Å². The lowest BCUT2D eigenvalue weighted by atomic mass is 10.0. The van der Waals surface area contributed by atoms with Crippen LogP contribution in [0.4, 0.5) is 11.6 Å². The van der Waals surface area contributed by atoms with E-state index in [4.69, 9.17) is 60.0 Å². The van der Waals surface area contributed by atoms with Crippen LogP contribution in [-0.2, 0) is 53.1 Å². The molecule has 4 bridgehead atoms. The zero-order chi connectivity index (χ0) is 36.1. The van der Waals surface area contributed by atoms with E-state index in [0.717, 1.165) is 0 Å². The Bertz CT molecular complexity index is 2070. The second-order valence-electron chi connectivity index (χ2n) is 14.3. The lowest BCUT2D eigenvalue weighted by molar-refractivity contribution is -0.182. The van der Waals surface area contributed by atoms with Crippen molar-refractivity contribution < 1.29 is 46.2 Å². The van der Waals surface area contributed by atoms with Crippen molar-refractivity contribution in [3.05, 3.63) is 25.3 Å². The Kier molecular flexibility index (Phi) is 8.62. The van der Waals surface area contributed by atoms with Crippen LogP contribution in [0.5, 0.6) is 0 Å². The molecule has 0 spiro atoms. The number of hydrogen-bond donors (Lipinski definition) is 3. The molecule has 4 fully saturated rings. The molecule has 20 nitrogen and oxygen atoms in total. The van der Waals surface area contributed by atoms with Crippen LogP contribution in [0.15, 0.2) is 25.3 Å². The van der Waals surface area contributed by atoms with Crippen LogP contribution in [0.1, 0.15) is 33.2 Å². The fourth-order valence-corrected chi connectivity index (χ4v) is 10.0. The van der Waals surface area contributed by atoms with E-state index in [1.807, 2.05) is 0 Å². The Morgan fingerprint density at radius 2 is 1.63 bits per heavy atom. The number of imidazole rings is 2. The Morgan fingerprint density at radius 1 is 1.00 bits per heavy atom. The molecule has 4 saturated heterocycles. The maximum Gasteiger partial charge on any atom is 0.698 e. The highest BCUT2D eigenvalue weighted by Crippen LogP contribution is 2.57. The molecule has 4 aliphatic heterocycles. The SMILES string of the molecule is CC(C)(C)[Si](C)(C)OC1[C@H]2O[P+](=O)OC[C@@]34CO[C@@H]([C@H](n5cnc6c(N)ncnc65)O3)[C@@H]4OP(O)(=S)OC[C@H]1O[C@H]2n1cnc2c(N)ncnc21. The molecule has 5 N–H and O–H groups in total. The van der Waals surface area contributed by atoms with E-state index in [9.17, 15) is 9.46 Å². The van der Waals surface area contributed by atoms with Crippen molar-refractivity contribution in [2.75, 3.05) is 31.3 Å². The fraction of sp³-hybridized carbons (Fsp3) is 0.630. The summed E-state index contributed by atoms with van der Waals surface area (Å²) in [6.07, 6.45) is -0.980. The van der Waals surface area contributed by atoms with Gasteiger partial charge in [-0.15, -0.1) is 9.05 Å². The van der Waals surface area contributed by atoms with Crippen LogP contribution >= 0.6 is 15.0 Å². The number of nitrogens with two attached hydrogens (primary N) is 2. The number of aromatic nitrogens is 8. The fourth-order valence-electron chi connectivity index (χ4n) is 6.46. The van der Waals surface area contributed by atoms with E-state index < -0.39 is 71.9 Å². The molecule has 4 aliphatic rings. The second-order valence-corrected chi connectivity index (χ2v) is 22.7. The molecule has 0 amide bonds. The first-order valence-electron chi connectivity index (χ1n) is 16.0. The molecule has 0 saturated carbocycles. The molecular formula is C27H37N10O10P2SSi+. The van der Waals surface area contributed by atoms with Gasteiger partial charge in [-0.05, 0) is 29.9 Å². The average molecular weight is 784 g/mol. The predicted octanol–water partition coefficient (Wildman–Crippen LogP) is 2.48. The van der Waals surface area contributed by atoms with Crippen molar-refractivity contribution in [1.82, 2.24) is 39.0 Å². The van der Waals surface area contributed by atoms with E-state index in [-0.39, 0.29) is 36.5 Å². The van der Waals surface area contributed by atoms with Gasteiger partial charge >= 0.3 is 15.0 Å². The maximum atomic E-state index is 13.9. The predicted molar refractivity (Wildman–Crippen MR) is 184 cm³/mol. The van der Waals surface area contributed by atoms with Crippen molar-refractivity contribution in [3.63, 3.8) is 0 Å². The van der Waals surface area contributed by atoms with Crippen molar-refractivity contribution in [1.29, 1.82) is 0 Å². The maximum absolute atomic E-state index is 13.9. The number of rotatable bonds is 4. The van der Waals surface area contributed by atoms with Gasteiger partial charge in [0.15, 0.2) is 55.4 Å². The second kappa shape index (κ2) is 12.4. The number of fused-ring (bicyclic) bond motifs is 4. The van der Waals surface area contributed by atoms with Gasteiger partial charge in [-0.1, -0.05) is 20.8 Å². The third-order valence-corrected chi connectivity index (χ3v) is 16.9. The highest BCUT2D eigenvalue weighted by molar-refractivity contribution is 8.07. The summed E-state index contributed by atoms with van der Waals surface area (Å²) in [4.78, 5) is 37.0. The largest absolute Gasteiger partial charge is 0.698 e. The lowest BCUT2D eigenvalue weighted by Gasteiger charge is -2.39. The van der Waals surface area contributed by atoms with Crippen LogP contribution in [0.2, 0.25) is 18.1 Å². The van der Waals surface area contributed by atoms with Crippen molar-refractivity contribution in [3.8, 4) is 0 Å². The first-order chi connectivity index (χ1) is 24.1. The number of hydrogen-bond acceptors (Lipinski definition) is 18. The smallest absolute Gasteiger partial charge is 0.408 e.